The van der Waals surface area contributed by atoms with Crippen LogP contribution in [0.1, 0.15) is 31.7 Å². The van der Waals surface area contributed by atoms with Crippen LogP contribution < -0.4 is 0 Å². The quantitative estimate of drug-likeness (QED) is 0.457. The lowest BCUT2D eigenvalue weighted by Crippen LogP contribution is -2.08. The Morgan fingerprint density at radius 2 is 2.11 bits per heavy atom. The van der Waals surface area contributed by atoms with Gasteiger partial charge in [-0.25, -0.2) is 9.97 Å². The maximum absolute atomic E-state index is 11.3. The Hall–Kier alpha value is -0.810. The summed E-state index contributed by atoms with van der Waals surface area (Å²) in [5, 5.41) is 1.21. The fourth-order valence-corrected chi connectivity index (χ4v) is 2.38. The summed E-state index contributed by atoms with van der Waals surface area (Å²) in [5.74, 6) is 0.723. The molecule has 6 heteroatoms. The monoisotopic (exact) mass is 288 g/mol. The number of ether oxygens (including phenoxy) is 1. The topological polar surface area (TPSA) is 52.1 Å². The second-order valence-corrected chi connectivity index (χ2v) is 5.03. The second kappa shape index (κ2) is 7.59. The molecule has 0 aromatic carbocycles. The summed E-state index contributed by atoms with van der Waals surface area (Å²) < 4.78 is 4.88. The molecule has 0 fully saturated rings. The van der Waals surface area contributed by atoms with E-state index in [0.29, 0.717) is 11.8 Å². The maximum atomic E-state index is 11.3. The largest absolute Gasteiger partial charge is 0.465 e. The van der Waals surface area contributed by atoms with Crippen LogP contribution in [0.4, 0.5) is 0 Å². The van der Waals surface area contributed by atoms with Gasteiger partial charge in [0.05, 0.1) is 12.4 Å². The molecule has 0 spiro atoms. The van der Waals surface area contributed by atoms with Gasteiger partial charge in [-0.2, -0.15) is 0 Å². The van der Waals surface area contributed by atoms with Crippen molar-refractivity contribution in [3.8, 4) is 0 Å². The molecule has 0 aliphatic carbocycles. The third kappa shape index (κ3) is 4.46. The molecule has 0 amide bonds. The first kappa shape index (κ1) is 15.2. The van der Waals surface area contributed by atoms with E-state index in [2.05, 4.69) is 16.9 Å². The predicted octanol–water partition coefficient (Wildman–Crippen LogP) is 3.05. The fourth-order valence-electron chi connectivity index (χ4n) is 1.32. The molecular weight excluding hydrogens is 272 g/mol. The van der Waals surface area contributed by atoms with Gasteiger partial charge in [0.15, 0.2) is 0 Å². The van der Waals surface area contributed by atoms with E-state index < -0.39 is 0 Å². The number of rotatable bonds is 6. The van der Waals surface area contributed by atoms with Crippen LogP contribution in [-0.2, 0) is 16.0 Å². The standard InChI is InChI=1S/C12H17ClN2O2S/c1-4-6-9-14-11(13)8(3)12(15-9)18-7-10(16)17-5-2/h4-7H2,1-3H3. The number of halogens is 1. The predicted molar refractivity (Wildman–Crippen MR) is 73.1 cm³/mol. The summed E-state index contributed by atoms with van der Waals surface area (Å²) in [7, 11) is 0. The van der Waals surface area contributed by atoms with Crippen LogP contribution in [0.2, 0.25) is 5.15 Å². The fraction of sp³-hybridized carbons (Fsp3) is 0.583. The summed E-state index contributed by atoms with van der Waals surface area (Å²) in [5.41, 5.74) is 0.811. The molecule has 0 aliphatic heterocycles. The van der Waals surface area contributed by atoms with Crippen LogP contribution >= 0.6 is 23.4 Å². The van der Waals surface area contributed by atoms with Gasteiger partial charge in [0.2, 0.25) is 0 Å². The molecular formula is C12H17ClN2O2S. The van der Waals surface area contributed by atoms with E-state index >= 15 is 0 Å². The lowest BCUT2D eigenvalue weighted by molar-refractivity contribution is -0.139. The van der Waals surface area contributed by atoms with Crippen LogP contribution in [0.3, 0.4) is 0 Å². The molecule has 0 radical (unpaired) electrons. The minimum absolute atomic E-state index is 0.242. The summed E-state index contributed by atoms with van der Waals surface area (Å²) in [6.45, 7) is 6.09. The Bertz CT molecular complexity index is 427. The number of hydrogen-bond donors (Lipinski definition) is 0. The Labute approximate surface area is 116 Å². The molecule has 100 valence electrons. The average Bonchev–Trinajstić information content (AvgIpc) is 2.32. The number of hydrogen-bond acceptors (Lipinski definition) is 5. The van der Waals surface area contributed by atoms with E-state index in [4.69, 9.17) is 16.3 Å². The number of aryl methyl sites for hydroxylation is 1. The van der Waals surface area contributed by atoms with E-state index in [-0.39, 0.29) is 11.7 Å². The first-order valence-electron chi connectivity index (χ1n) is 5.89. The summed E-state index contributed by atoms with van der Waals surface area (Å²) >= 11 is 7.39. The van der Waals surface area contributed by atoms with Crippen LogP contribution in [0.15, 0.2) is 5.03 Å². The number of carbonyl (C=O) groups excluding carboxylic acids is 1. The number of carbonyl (C=O) groups is 1. The maximum Gasteiger partial charge on any atom is 0.316 e. The molecule has 0 aliphatic rings. The molecule has 0 N–H and O–H groups in total. The highest BCUT2D eigenvalue weighted by Gasteiger charge is 2.12. The summed E-state index contributed by atoms with van der Waals surface area (Å²) in [4.78, 5) is 19.9. The number of aromatic nitrogens is 2. The summed E-state index contributed by atoms with van der Waals surface area (Å²) in [6.07, 6.45) is 1.74. The number of thioether (sulfide) groups is 1. The molecule has 1 rings (SSSR count). The number of nitrogens with zero attached hydrogens (tertiary/aromatic N) is 2. The van der Waals surface area contributed by atoms with Gasteiger partial charge in [0.1, 0.15) is 16.0 Å². The molecule has 0 bridgehead atoms. The van der Waals surface area contributed by atoms with Gasteiger partial charge in [0, 0.05) is 12.0 Å². The van der Waals surface area contributed by atoms with Gasteiger partial charge in [-0.1, -0.05) is 30.3 Å². The van der Waals surface area contributed by atoms with Crippen LogP contribution in [0, 0.1) is 6.92 Å². The van der Waals surface area contributed by atoms with Crippen molar-refractivity contribution in [2.24, 2.45) is 0 Å². The van der Waals surface area contributed by atoms with Gasteiger partial charge in [0.25, 0.3) is 0 Å². The lowest BCUT2D eigenvalue weighted by Gasteiger charge is -2.08. The Morgan fingerprint density at radius 3 is 2.72 bits per heavy atom. The SMILES string of the molecule is CCCc1nc(Cl)c(C)c(SCC(=O)OCC)n1. The third-order valence-corrected chi connectivity index (χ3v) is 3.61. The van der Waals surface area contributed by atoms with Crippen molar-refractivity contribution < 1.29 is 9.53 Å². The van der Waals surface area contributed by atoms with Crippen molar-refractivity contribution in [3.05, 3.63) is 16.5 Å². The van der Waals surface area contributed by atoms with Crippen molar-refractivity contribution in [1.29, 1.82) is 0 Å². The number of esters is 1. The lowest BCUT2D eigenvalue weighted by atomic mass is 10.3. The van der Waals surface area contributed by atoms with Gasteiger partial charge >= 0.3 is 5.97 Å². The molecule has 1 aromatic heterocycles. The van der Waals surface area contributed by atoms with Crippen LogP contribution in [0.5, 0.6) is 0 Å². The van der Waals surface area contributed by atoms with Crippen molar-refractivity contribution >= 4 is 29.3 Å². The molecule has 0 atom stereocenters. The second-order valence-electron chi connectivity index (χ2n) is 3.70. The van der Waals surface area contributed by atoms with E-state index in [1.54, 1.807) is 6.92 Å². The van der Waals surface area contributed by atoms with Gasteiger partial charge in [-0.3, -0.25) is 4.79 Å². The zero-order valence-electron chi connectivity index (χ0n) is 10.8. The van der Waals surface area contributed by atoms with Gasteiger partial charge in [-0.15, -0.1) is 0 Å². The molecule has 0 saturated heterocycles. The highest BCUT2D eigenvalue weighted by molar-refractivity contribution is 7.99. The smallest absolute Gasteiger partial charge is 0.316 e. The van der Waals surface area contributed by atoms with Gasteiger partial charge in [-0.05, 0) is 20.3 Å². The van der Waals surface area contributed by atoms with Crippen molar-refractivity contribution in [3.63, 3.8) is 0 Å². The van der Waals surface area contributed by atoms with Crippen molar-refractivity contribution in [1.82, 2.24) is 9.97 Å². The minimum atomic E-state index is -0.242. The Kier molecular flexibility index (Phi) is 6.43. The highest BCUT2D eigenvalue weighted by atomic mass is 35.5. The van der Waals surface area contributed by atoms with Crippen molar-refractivity contribution in [2.75, 3.05) is 12.4 Å². The Morgan fingerprint density at radius 1 is 1.39 bits per heavy atom. The molecule has 1 heterocycles. The highest BCUT2D eigenvalue weighted by Crippen LogP contribution is 2.25. The minimum Gasteiger partial charge on any atom is -0.465 e. The normalized spacial score (nSPS) is 10.4. The first-order chi connectivity index (χ1) is 8.58. The average molecular weight is 289 g/mol. The van der Waals surface area contributed by atoms with E-state index in [1.807, 2.05) is 6.92 Å². The Balaban J connectivity index is 2.77. The van der Waals surface area contributed by atoms with E-state index in [1.165, 1.54) is 11.8 Å². The third-order valence-electron chi connectivity index (χ3n) is 2.19. The van der Waals surface area contributed by atoms with Crippen LogP contribution in [-0.4, -0.2) is 28.3 Å². The first-order valence-corrected chi connectivity index (χ1v) is 7.26. The molecule has 18 heavy (non-hydrogen) atoms. The zero-order valence-corrected chi connectivity index (χ0v) is 12.4. The van der Waals surface area contributed by atoms with Crippen molar-refractivity contribution in [2.45, 2.75) is 38.6 Å². The molecule has 0 saturated carbocycles. The van der Waals surface area contributed by atoms with E-state index in [0.717, 1.165) is 29.3 Å². The zero-order chi connectivity index (χ0) is 13.5. The molecule has 0 unspecified atom stereocenters. The molecule has 4 nitrogen and oxygen atoms in total. The van der Waals surface area contributed by atoms with Gasteiger partial charge < -0.3 is 4.74 Å². The van der Waals surface area contributed by atoms with E-state index in [9.17, 15) is 4.79 Å². The van der Waals surface area contributed by atoms with Crippen LogP contribution in [0.25, 0.3) is 0 Å². The molecule has 1 aromatic rings. The summed E-state index contributed by atoms with van der Waals surface area (Å²) in [6, 6.07) is 0.